The predicted molar refractivity (Wildman–Crippen MR) is 120 cm³/mol. The third-order valence-electron chi connectivity index (χ3n) is 4.66. The van der Waals surface area contributed by atoms with Crippen molar-refractivity contribution in [3.05, 3.63) is 83.1 Å². The maximum Gasteiger partial charge on any atom is 0.195 e. The molecule has 0 spiro atoms. The van der Waals surface area contributed by atoms with Crippen LogP contribution in [0.1, 0.15) is 22.3 Å². The van der Waals surface area contributed by atoms with Crippen LogP contribution in [0.5, 0.6) is 0 Å². The summed E-state index contributed by atoms with van der Waals surface area (Å²) >= 11 is 5.98. The highest BCUT2D eigenvalue weighted by Gasteiger charge is 2.20. The summed E-state index contributed by atoms with van der Waals surface area (Å²) in [5, 5.41) is 0.600. The number of anilines is 3. The van der Waals surface area contributed by atoms with Gasteiger partial charge in [0, 0.05) is 28.9 Å². The number of nitrogens with two attached hydrogens (primary N) is 1. The number of nitrogens with zero attached hydrogens (tertiary/aromatic N) is 3. The first-order valence-corrected chi connectivity index (χ1v) is 9.86. The Morgan fingerprint density at radius 2 is 1.72 bits per heavy atom. The van der Waals surface area contributed by atoms with E-state index in [0.717, 1.165) is 24.3 Å². The first-order chi connectivity index (χ1) is 14.0. The summed E-state index contributed by atoms with van der Waals surface area (Å²) in [7, 11) is 4.08. The molecule has 0 atom stereocenters. The molecule has 2 aromatic carbocycles. The van der Waals surface area contributed by atoms with Gasteiger partial charge in [-0.2, -0.15) is 0 Å². The molecule has 29 heavy (non-hydrogen) atoms. The number of carbonyl (C=O) groups excluding carboxylic acids is 1. The molecule has 0 saturated heterocycles. The number of para-hydroxylation sites is 1. The van der Waals surface area contributed by atoms with Crippen LogP contribution >= 0.6 is 11.6 Å². The zero-order valence-corrected chi connectivity index (χ0v) is 17.4. The molecule has 0 aliphatic rings. The van der Waals surface area contributed by atoms with Gasteiger partial charge in [0.1, 0.15) is 0 Å². The maximum absolute atomic E-state index is 13.3. The van der Waals surface area contributed by atoms with E-state index in [-0.39, 0.29) is 5.78 Å². The van der Waals surface area contributed by atoms with Crippen LogP contribution in [0, 0.1) is 0 Å². The van der Waals surface area contributed by atoms with Crippen LogP contribution in [-0.2, 0) is 0 Å². The van der Waals surface area contributed by atoms with E-state index in [4.69, 9.17) is 17.3 Å². The highest BCUT2D eigenvalue weighted by Crippen LogP contribution is 2.33. The Balaban J connectivity index is 2.03. The van der Waals surface area contributed by atoms with Gasteiger partial charge in [-0.1, -0.05) is 23.7 Å². The van der Waals surface area contributed by atoms with Gasteiger partial charge in [0.05, 0.1) is 23.3 Å². The quantitative estimate of drug-likeness (QED) is 0.550. The topological polar surface area (TPSA) is 62.5 Å². The molecule has 0 amide bonds. The van der Waals surface area contributed by atoms with E-state index in [1.807, 2.05) is 38.4 Å². The molecule has 0 radical (unpaired) electrons. The lowest BCUT2D eigenvalue weighted by Crippen LogP contribution is -2.25. The van der Waals surface area contributed by atoms with Crippen LogP contribution < -0.4 is 10.6 Å². The second-order valence-corrected chi connectivity index (χ2v) is 7.53. The molecular weight excluding hydrogens is 384 g/mol. The van der Waals surface area contributed by atoms with Crippen molar-refractivity contribution in [3.8, 4) is 0 Å². The fourth-order valence-electron chi connectivity index (χ4n) is 3.20. The summed E-state index contributed by atoms with van der Waals surface area (Å²) in [6.07, 6.45) is 4.32. The fraction of sp³-hybridized carbons (Fsp3) is 0.217. The van der Waals surface area contributed by atoms with Crippen molar-refractivity contribution >= 4 is 34.4 Å². The summed E-state index contributed by atoms with van der Waals surface area (Å²) in [6, 6.07) is 16.3. The van der Waals surface area contributed by atoms with Crippen molar-refractivity contribution in [1.29, 1.82) is 0 Å². The molecule has 0 bridgehead atoms. The van der Waals surface area contributed by atoms with Crippen LogP contribution in [0.3, 0.4) is 0 Å². The van der Waals surface area contributed by atoms with Gasteiger partial charge < -0.3 is 15.5 Å². The number of hydrogen-bond donors (Lipinski definition) is 1. The number of rotatable bonds is 8. The molecule has 0 aliphatic heterocycles. The second kappa shape index (κ2) is 9.54. The standard InChI is InChI=1S/C23H25ClN4O/c1-27(2)14-5-15-28(22-16-26-13-12-20(22)25)21-7-4-3-6-19(21)23(29)17-8-10-18(24)11-9-17/h3-4,6-13,16H,5,14-15H2,1-2H3,(H2,25,26). The first kappa shape index (κ1) is 20.8. The zero-order valence-electron chi connectivity index (χ0n) is 16.7. The Kier molecular flexibility index (Phi) is 6.86. The molecule has 0 saturated carbocycles. The van der Waals surface area contributed by atoms with E-state index in [0.29, 0.717) is 28.4 Å². The summed E-state index contributed by atoms with van der Waals surface area (Å²) in [4.78, 5) is 21.7. The van der Waals surface area contributed by atoms with Gasteiger partial charge in [0.2, 0.25) is 0 Å². The number of pyridine rings is 1. The lowest BCUT2D eigenvalue weighted by atomic mass is 10.0. The third kappa shape index (κ3) is 5.13. The van der Waals surface area contributed by atoms with Gasteiger partial charge in [0.15, 0.2) is 5.78 Å². The highest BCUT2D eigenvalue weighted by atomic mass is 35.5. The van der Waals surface area contributed by atoms with Gasteiger partial charge in [-0.15, -0.1) is 0 Å². The van der Waals surface area contributed by atoms with Crippen LogP contribution in [0.25, 0.3) is 0 Å². The molecule has 2 N–H and O–H groups in total. The van der Waals surface area contributed by atoms with E-state index in [9.17, 15) is 4.79 Å². The van der Waals surface area contributed by atoms with Crippen molar-refractivity contribution in [3.63, 3.8) is 0 Å². The molecular formula is C23H25ClN4O. The van der Waals surface area contributed by atoms with Crippen LogP contribution in [-0.4, -0.2) is 42.9 Å². The molecule has 0 unspecified atom stereocenters. The van der Waals surface area contributed by atoms with Crippen LogP contribution in [0.2, 0.25) is 5.02 Å². The van der Waals surface area contributed by atoms with E-state index >= 15 is 0 Å². The first-order valence-electron chi connectivity index (χ1n) is 9.48. The van der Waals surface area contributed by atoms with Crippen molar-refractivity contribution in [2.75, 3.05) is 37.8 Å². The maximum atomic E-state index is 13.3. The van der Waals surface area contributed by atoms with Gasteiger partial charge in [-0.3, -0.25) is 9.78 Å². The molecule has 3 rings (SSSR count). The summed E-state index contributed by atoms with van der Waals surface area (Å²) in [5.74, 6) is -0.0580. The van der Waals surface area contributed by atoms with Crippen molar-refractivity contribution < 1.29 is 4.79 Å². The average Bonchev–Trinajstić information content (AvgIpc) is 2.72. The number of ketones is 1. The number of carbonyl (C=O) groups is 1. The lowest BCUT2D eigenvalue weighted by molar-refractivity contribution is 0.103. The largest absolute Gasteiger partial charge is 0.397 e. The number of nitrogen functional groups attached to an aromatic ring is 1. The fourth-order valence-corrected chi connectivity index (χ4v) is 3.32. The Morgan fingerprint density at radius 1 is 1.00 bits per heavy atom. The molecule has 1 aromatic heterocycles. The lowest BCUT2D eigenvalue weighted by Gasteiger charge is -2.28. The Morgan fingerprint density at radius 3 is 2.41 bits per heavy atom. The molecule has 5 nitrogen and oxygen atoms in total. The molecule has 1 heterocycles. The Bertz CT molecular complexity index is 973. The van der Waals surface area contributed by atoms with E-state index in [1.165, 1.54) is 0 Å². The third-order valence-corrected chi connectivity index (χ3v) is 4.91. The Hall–Kier alpha value is -2.89. The number of benzene rings is 2. The van der Waals surface area contributed by atoms with E-state index in [1.54, 1.807) is 42.7 Å². The second-order valence-electron chi connectivity index (χ2n) is 7.10. The van der Waals surface area contributed by atoms with Gasteiger partial charge >= 0.3 is 0 Å². The SMILES string of the molecule is CN(C)CCCN(c1cnccc1N)c1ccccc1C(=O)c1ccc(Cl)cc1. The highest BCUT2D eigenvalue weighted by molar-refractivity contribution is 6.30. The zero-order chi connectivity index (χ0) is 20.8. The average molecular weight is 409 g/mol. The van der Waals surface area contributed by atoms with Crippen LogP contribution in [0.15, 0.2) is 67.0 Å². The summed E-state index contributed by atoms with van der Waals surface area (Å²) in [6.45, 7) is 1.63. The van der Waals surface area contributed by atoms with Crippen molar-refractivity contribution in [2.24, 2.45) is 0 Å². The molecule has 0 fully saturated rings. The van der Waals surface area contributed by atoms with Crippen molar-refractivity contribution in [2.45, 2.75) is 6.42 Å². The van der Waals surface area contributed by atoms with Gasteiger partial charge in [0.25, 0.3) is 0 Å². The number of aromatic nitrogens is 1. The summed E-state index contributed by atoms with van der Waals surface area (Å²) < 4.78 is 0. The van der Waals surface area contributed by atoms with Crippen molar-refractivity contribution in [1.82, 2.24) is 9.88 Å². The minimum atomic E-state index is -0.0580. The Labute approximate surface area is 176 Å². The molecule has 150 valence electrons. The predicted octanol–water partition coefficient (Wildman–Crippen LogP) is 4.64. The van der Waals surface area contributed by atoms with Crippen LogP contribution in [0.4, 0.5) is 17.1 Å². The smallest absolute Gasteiger partial charge is 0.195 e. The van der Waals surface area contributed by atoms with E-state index in [2.05, 4.69) is 14.8 Å². The molecule has 6 heteroatoms. The summed E-state index contributed by atoms with van der Waals surface area (Å²) in [5.41, 5.74) is 9.69. The minimum absolute atomic E-state index is 0.0580. The van der Waals surface area contributed by atoms with Gasteiger partial charge in [-0.25, -0.2) is 0 Å². The minimum Gasteiger partial charge on any atom is -0.397 e. The molecule has 3 aromatic rings. The van der Waals surface area contributed by atoms with Gasteiger partial charge in [-0.05, 0) is 69.5 Å². The number of hydrogen-bond acceptors (Lipinski definition) is 5. The van der Waals surface area contributed by atoms with E-state index < -0.39 is 0 Å². The normalized spacial score (nSPS) is 10.9. The monoisotopic (exact) mass is 408 g/mol. The molecule has 0 aliphatic carbocycles. The number of halogens is 1.